The van der Waals surface area contributed by atoms with Gasteiger partial charge in [0.15, 0.2) is 0 Å². The molecular formula is C21H14F2I2N2O3. The zero-order valence-electron chi connectivity index (χ0n) is 15.4. The smallest absolute Gasteiger partial charge is 0.259 e. The lowest BCUT2D eigenvalue weighted by molar-refractivity contribution is 0.102. The number of halogens is 4. The summed E-state index contributed by atoms with van der Waals surface area (Å²) in [4.78, 5) is 25.3. The number of rotatable bonds is 5. The third-order valence-electron chi connectivity index (χ3n) is 4.06. The van der Waals surface area contributed by atoms with E-state index in [1.807, 2.05) is 45.2 Å². The molecule has 0 atom stereocenters. The van der Waals surface area contributed by atoms with Gasteiger partial charge in [-0.25, -0.2) is 8.78 Å². The highest BCUT2D eigenvalue weighted by atomic mass is 127. The molecule has 3 rings (SSSR count). The topological polar surface area (TPSA) is 67.4 Å². The zero-order valence-corrected chi connectivity index (χ0v) is 19.7. The summed E-state index contributed by atoms with van der Waals surface area (Å²) in [5.41, 5.74) is 1.18. The van der Waals surface area contributed by atoms with Gasteiger partial charge in [-0.3, -0.25) is 9.59 Å². The van der Waals surface area contributed by atoms with Crippen molar-refractivity contribution in [3.8, 4) is 5.75 Å². The number of ether oxygens (including phenoxy) is 1. The van der Waals surface area contributed by atoms with Gasteiger partial charge in [0.05, 0.1) is 19.8 Å². The van der Waals surface area contributed by atoms with Crippen LogP contribution in [0.2, 0.25) is 0 Å². The third kappa shape index (κ3) is 5.25. The van der Waals surface area contributed by atoms with Crippen LogP contribution in [-0.2, 0) is 0 Å². The third-order valence-corrected chi connectivity index (χ3v) is 5.71. The zero-order chi connectivity index (χ0) is 21.8. The number of nitrogens with one attached hydrogen (secondary N) is 2. The highest BCUT2D eigenvalue weighted by Gasteiger charge is 2.17. The van der Waals surface area contributed by atoms with Crippen molar-refractivity contribution in [2.24, 2.45) is 0 Å². The van der Waals surface area contributed by atoms with Crippen LogP contribution in [-0.4, -0.2) is 18.9 Å². The molecule has 9 heteroatoms. The number of hydrogen-bond donors (Lipinski definition) is 2. The molecule has 30 heavy (non-hydrogen) atoms. The second kappa shape index (κ2) is 9.69. The molecule has 0 aliphatic rings. The molecular weight excluding hydrogens is 620 g/mol. The van der Waals surface area contributed by atoms with E-state index in [-0.39, 0.29) is 28.5 Å². The van der Waals surface area contributed by atoms with Crippen molar-refractivity contribution >= 4 is 68.4 Å². The van der Waals surface area contributed by atoms with E-state index >= 15 is 0 Å². The number of carbonyl (C=O) groups is 2. The summed E-state index contributed by atoms with van der Waals surface area (Å²) in [5.74, 6) is -1.48. The van der Waals surface area contributed by atoms with Crippen LogP contribution in [0.25, 0.3) is 0 Å². The van der Waals surface area contributed by atoms with Gasteiger partial charge in [0.2, 0.25) is 0 Å². The predicted molar refractivity (Wildman–Crippen MR) is 127 cm³/mol. The minimum atomic E-state index is -0.514. The number of benzene rings is 3. The maximum atomic E-state index is 13.4. The number of carbonyl (C=O) groups excluding carboxylic acids is 2. The molecule has 0 saturated carbocycles. The lowest BCUT2D eigenvalue weighted by Gasteiger charge is -2.12. The average molecular weight is 634 g/mol. The summed E-state index contributed by atoms with van der Waals surface area (Å²) < 4.78 is 32.8. The largest absolute Gasteiger partial charge is 0.496 e. The number of anilines is 2. The van der Waals surface area contributed by atoms with E-state index in [9.17, 15) is 18.4 Å². The first kappa shape index (κ1) is 22.4. The van der Waals surface area contributed by atoms with E-state index in [0.717, 1.165) is 0 Å². The second-order valence-electron chi connectivity index (χ2n) is 6.08. The molecule has 0 aliphatic carbocycles. The van der Waals surface area contributed by atoms with Gasteiger partial charge in [-0.1, -0.05) is 0 Å². The van der Waals surface area contributed by atoms with Gasteiger partial charge >= 0.3 is 0 Å². The Morgan fingerprint density at radius 1 is 0.800 bits per heavy atom. The van der Waals surface area contributed by atoms with Crippen LogP contribution in [0.4, 0.5) is 20.2 Å². The van der Waals surface area contributed by atoms with Gasteiger partial charge in [0.25, 0.3) is 11.8 Å². The van der Waals surface area contributed by atoms with Gasteiger partial charge < -0.3 is 15.4 Å². The minimum Gasteiger partial charge on any atom is -0.496 e. The first-order chi connectivity index (χ1) is 14.3. The summed E-state index contributed by atoms with van der Waals surface area (Å²) in [6.07, 6.45) is 0. The van der Waals surface area contributed by atoms with E-state index in [1.54, 1.807) is 0 Å². The van der Waals surface area contributed by atoms with Crippen molar-refractivity contribution in [1.29, 1.82) is 0 Å². The van der Waals surface area contributed by atoms with Crippen LogP contribution >= 0.6 is 45.2 Å². The monoisotopic (exact) mass is 634 g/mol. The number of hydrogen-bond acceptors (Lipinski definition) is 3. The SMILES string of the molecule is COc1ccc(C(=O)Nc2ccc(F)c(I)c2)cc1C(=O)Nc1ccc(F)c(I)c1. The fraction of sp³-hybridized carbons (Fsp3) is 0.0476. The molecule has 154 valence electrons. The van der Waals surface area contributed by atoms with Crippen LogP contribution in [0.1, 0.15) is 20.7 Å². The molecule has 0 spiro atoms. The summed E-state index contributed by atoms with van der Waals surface area (Å²) in [7, 11) is 1.41. The Morgan fingerprint density at radius 2 is 1.33 bits per heavy atom. The Hall–Kier alpha value is -2.28. The van der Waals surface area contributed by atoms with Crippen molar-refractivity contribution in [1.82, 2.24) is 0 Å². The molecule has 0 saturated heterocycles. The Bertz CT molecular complexity index is 1140. The molecule has 0 fully saturated rings. The first-order valence-electron chi connectivity index (χ1n) is 8.49. The van der Waals surface area contributed by atoms with Gasteiger partial charge in [-0.15, -0.1) is 0 Å². The van der Waals surface area contributed by atoms with E-state index in [0.29, 0.717) is 18.5 Å². The van der Waals surface area contributed by atoms with Crippen LogP contribution in [0.5, 0.6) is 5.75 Å². The molecule has 2 amide bonds. The first-order valence-corrected chi connectivity index (χ1v) is 10.6. The molecule has 3 aromatic carbocycles. The van der Waals surface area contributed by atoms with Crippen molar-refractivity contribution in [3.63, 3.8) is 0 Å². The van der Waals surface area contributed by atoms with Crippen LogP contribution in [0, 0.1) is 18.8 Å². The highest BCUT2D eigenvalue weighted by molar-refractivity contribution is 14.1. The van der Waals surface area contributed by atoms with E-state index in [4.69, 9.17) is 4.74 Å². The van der Waals surface area contributed by atoms with Crippen molar-refractivity contribution in [2.75, 3.05) is 17.7 Å². The number of amides is 2. The molecule has 3 aromatic rings. The standard InChI is InChI=1S/C21H14F2I2N2O3/c1-30-19-7-2-11(20(28)26-12-3-5-15(22)17(24)9-12)8-14(19)21(29)27-13-4-6-16(23)18(25)10-13/h2-10H,1H3,(H,26,28)(H,27,29). The summed E-state index contributed by atoms with van der Waals surface area (Å²) in [6, 6.07) is 12.8. The summed E-state index contributed by atoms with van der Waals surface area (Å²) in [5, 5.41) is 5.33. The van der Waals surface area contributed by atoms with E-state index in [1.165, 1.54) is 61.7 Å². The Kier molecular flexibility index (Phi) is 7.23. The second-order valence-corrected chi connectivity index (χ2v) is 8.41. The van der Waals surface area contributed by atoms with Gasteiger partial charge in [-0.05, 0) is 99.8 Å². The van der Waals surface area contributed by atoms with E-state index < -0.39 is 11.8 Å². The lowest BCUT2D eigenvalue weighted by atomic mass is 10.1. The molecule has 5 nitrogen and oxygen atoms in total. The van der Waals surface area contributed by atoms with Gasteiger partial charge in [-0.2, -0.15) is 0 Å². The molecule has 0 radical (unpaired) electrons. The molecule has 0 heterocycles. The molecule has 2 N–H and O–H groups in total. The number of methoxy groups -OCH3 is 1. The Morgan fingerprint density at radius 3 is 1.83 bits per heavy atom. The lowest BCUT2D eigenvalue weighted by Crippen LogP contribution is -2.17. The predicted octanol–water partition coefficient (Wildman–Crippen LogP) is 5.69. The Labute approximate surface area is 198 Å². The molecule has 0 unspecified atom stereocenters. The summed E-state index contributed by atoms with van der Waals surface area (Å²) in [6.45, 7) is 0. The quantitative estimate of drug-likeness (QED) is 0.355. The van der Waals surface area contributed by atoms with E-state index in [2.05, 4.69) is 10.6 Å². The molecule has 0 aromatic heterocycles. The minimum absolute atomic E-state index is 0.137. The van der Waals surface area contributed by atoms with Gasteiger partial charge in [0.1, 0.15) is 17.4 Å². The van der Waals surface area contributed by atoms with Crippen LogP contribution in [0.15, 0.2) is 54.6 Å². The summed E-state index contributed by atoms with van der Waals surface area (Å²) >= 11 is 3.66. The van der Waals surface area contributed by atoms with Gasteiger partial charge in [0, 0.05) is 16.9 Å². The van der Waals surface area contributed by atoms with Crippen molar-refractivity contribution in [3.05, 3.63) is 84.5 Å². The molecule has 0 bridgehead atoms. The maximum absolute atomic E-state index is 13.4. The normalized spacial score (nSPS) is 10.4. The fourth-order valence-electron chi connectivity index (χ4n) is 2.58. The average Bonchev–Trinajstić information content (AvgIpc) is 2.73. The molecule has 0 aliphatic heterocycles. The van der Waals surface area contributed by atoms with Crippen LogP contribution in [0.3, 0.4) is 0 Å². The Balaban J connectivity index is 1.84. The fourth-order valence-corrected chi connectivity index (χ4v) is 3.61. The maximum Gasteiger partial charge on any atom is 0.259 e. The van der Waals surface area contributed by atoms with Crippen LogP contribution < -0.4 is 15.4 Å². The van der Waals surface area contributed by atoms with Crippen molar-refractivity contribution < 1.29 is 23.1 Å². The van der Waals surface area contributed by atoms with Crippen molar-refractivity contribution in [2.45, 2.75) is 0 Å². The highest BCUT2D eigenvalue weighted by Crippen LogP contribution is 2.24.